The molecule has 5 nitrogen and oxygen atoms in total. The van der Waals surface area contributed by atoms with Gasteiger partial charge in [0, 0.05) is 19.4 Å². The van der Waals surface area contributed by atoms with Crippen molar-refractivity contribution in [2.45, 2.75) is 174 Å². The molecule has 0 saturated carbocycles. The summed E-state index contributed by atoms with van der Waals surface area (Å²) in [5.74, 6) is -0.465. The van der Waals surface area contributed by atoms with Gasteiger partial charge in [-0.15, -0.1) is 0 Å². The van der Waals surface area contributed by atoms with Gasteiger partial charge < -0.3 is 15.2 Å². The van der Waals surface area contributed by atoms with Crippen molar-refractivity contribution in [1.82, 2.24) is 0 Å². The fourth-order valence-electron chi connectivity index (χ4n) is 4.57. The molecular formula is C33H63NO4. The number of nitrogens with two attached hydrogens (primary N) is 1. The number of hydrogen-bond acceptors (Lipinski definition) is 5. The van der Waals surface area contributed by atoms with E-state index in [9.17, 15) is 9.59 Å². The maximum absolute atomic E-state index is 12.1. The van der Waals surface area contributed by atoms with Gasteiger partial charge in [0.1, 0.15) is 12.7 Å². The van der Waals surface area contributed by atoms with E-state index in [1.54, 1.807) is 0 Å². The van der Waals surface area contributed by atoms with Gasteiger partial charge in [0.05, 0.1) is 0 Å². The molecule has 38 heavy (non-hydrogen) atoms. The van der Waals surface area contributed by atoms with Crippen molar-refractivity contribution in [3.63, 3.8) is 0 Å². The molecule has 0 aromatic rings. The van der Waals surface area contributed by atoms with Gasteiger partial charge in [0.15, 0.2) is 0 Å². The molecule has 2 N–H and O–H groups in total. The zero-order valence-electron chi connectivity index (χ0n) is 25.3. The predicted octanol–water partition coefficient (Wildman–Crippen LogP) is 9.36. The number of carbonyl (C=O) groups excluding carboxylic acids is 2. The van der Waals surface area contributed by atoms with Gasteiger partial charge in [-0.2, -0.15) is 0 Å². The standard InChI is InChI=1S/C33H63NO4/c1-3-5-7-9-11-13-14-15-16-17-18-20-22-24-26-28-33(36)38-31(29-34)30-37-32(35)27-25-23-21-19-12-10-8-6-4-2/h15-16,31H,3-14,17-30,34H2,1-2H3. The van der Waals surface area contributed by atoms with E-state index in [0.29, 0.717) is 12.8 Å². The van der Waals surface area contributed by atoms with Crippen molar-refractivity contribution in [3.05, 3.63) is 12.2 Å². The molecule has 0 aliphatic carbocycles. The smallest absolute Gasteiger partial charge is 0.306 e. The van der Waals surface area contributed by atoms with Crippen molar-refractivity contribution in [1.29, 1.82) is 0 Å². The Morgan fingerprint density at radius 3 is 1.42 bits per heavy atom. The molecule has 1 unspecified atom stereocenters. The first kappa shape index (κ1) is 36.6. The maximum Gasteiger partial charge on any atom is 0.306 e. The lowest BCUT2D eigenvalue weighted by Gasteiger charge is -2.16. The van der Waals surface area contributed by atoms with E-state index in [4.69, 9.17) is 15.2 Å². The molecule has 0 radical (unpaired) electrons. The monoisotopic (exact) mass is 537 g/mol. The Labute approximate surface area is 236 Å². The Hall–Kier alpha value is -1.36. The third-order valence-electron chi connectivity index (χ3n) is 7.12. The number of hydrogen-bond donors (Lipinski definition) is 1. The Kier molecular flexibility index (Phi) is 29.1. The fourth-order valence-corrected chi connectivity index (χ4v) is 4.57. The molecule has 0 amide bonds. The van der Waals surface area contributed by atoms with Crippen LogP contribution in [0.3, 0.4) is 0 Å². The number of unbranched alkanes of at least 4 members (excludes halogenated alkanes) is 19. The van der Waals surface area contributed by atoms with Gasteiger partial charge >= 0.3 is 11.9 Å². The van der Waals surface area contributed by atoms with Crippen molar-refractivity contribution in [2.75, 3.05) is 13.2 Å². The quantitative estimate of drug-likeness (QED) is 0.0584. The second-order valence-corrected chi connectivity index (χ2v) is 10.9. The topological polar surface area (TPSA) is 78.6 Å². The molecule has 0 aromatic heterocycles. The van der Waals surface area contributed by atoms with Gasteiger partial charge in [0.2, 0.25) is 0 Å². The van der Waals surface area contributed by atoms with Crippen LogP contribution in [0.15, 0.2) is 12.2 Å². The number of carbonyl (C=O) groups is 2. The molecule has 0 saturated heterocycles. The Balaban J connectivity index is 3.58. The van der Waals surface area contributed by atoms with Crippen molar-refractivity contribution >= 4 is 11.9 Å². The largest absolute Gasteiger partial charge is 0.462 e. The van der Waals surface area contributed by atoms with Crippen LogP contribution in [-0.4, -0.2) is 31.2 Å². The van der Waals surface area contributed by atoms with E-state index < -0.39 is 6.10 Å². The summed E-state index contributed by atoms with van der Waals surface area (Å²) in [5, 5.41) is 0. The van der Waals surface area contributed by atoms with Crippen LogP contribution < -0.4 is 5.73 Å². The summed E-state index contributed by atoms with van der Waals surface area (Å²) in [6, 6.07) is 0. The molecule has 0 aromatic carbocycles. The van der Waals surface area contributed by atoms with Gasteiger partial charge in [-0.1, -0.05) is 129 Å². The minimum atomic E-state index is -0.544. The van der Waals surface area contributed by atoms with Crippen molar-refractivity contribution in [3.8, 4) is 0 Å². The summed E-state index contributed by atoms with van der Waals surface area (Å²) in [4.78, 5) is 24.1. The van der Waals surface area contributed by atoms with E-state index in [2.05, 4.69) is 26.0 Å². The first-order valence-electron chi connectivity index (χ1n) is 16.3. The normalized spacial score (nSPS) is 12.2. The van der Waals surface area contributed by atoms with E-state index in [-0.39, 0.29) is 25.1 Å². The highest BCUT2D eigenvalue weighted by Gasteiger charge is 2.15. The van der Waals surface area contributed by atoms with Crippen LogP contribution >= 0.6 is 0 Å². The molecule has 0 fully saturated rings. The average molecular weight is 538 g/mol. The molecule has 0 spiro atoms. The van der Waals surface area contributed by atoms with Crippen LogP contribution in [0, 0.1) is 0 Å². The SMILES string of the molecule is CCCCCCCCC=CCCCCCCCC(=O)OC(CN)COC(=O)CCCCCCCCCCC. The van der Waals surface area contributed by atoms with E-state index in [0.717, 1.165) is 38.5 Å². The number of esters is 2. The maximum atomic E-state index is 12.1. The third kappa shape index (κ3) is 27.7. The highest BCUT2D eigenvalue weighted by atomic mass is 16.6. The predicted molar refractivity (Wildman–Crippen MR) is 161 cm³/mol. The molecule has 1 atom stereocenters. The summed E-state index contributed by atoms with van der Waals surface area (Å²) in [5.41, 5.74) is 5.72. The van der Waals surface area contributed by atoms with Gasteiger partial charge in [0.25, 0.3) is 0 Å². The molecule has 0 heterocycles. The number of allylic oxidation sites excluding steroid dienone is 2. The first-order chi connectivity index (χ1) is 18.6. The van der Waals surface area contributed by atoms with E-state index in [1.807, 2.05) is 0 Å². The van der Waals surface area contributed by atoms with Crippen molar-refractivity contribution < 1.29 is 19.1 Å². The minimum absolute atomic E-state index is 0.0604. The van der Waals surface area contributed by atoms with Crippen LogP contribution in [-0.2, 0) is 19.1 Å². The van der Waals surface area contributed by atoms with E-state index in [1.165, 1.54) is 103 Å². The highest BCUT2D eigenvalue weighted by molar-refractivity contribution is 5.70. The molecule has 0 bridgehead atoms. The van der Waals surface area contributed by atoms with Crippen LogP contribution in [0.4, 0.5) is 0 Å². The lowest BCUT2D eigenvalue weighted by molar-refractivity contribution is -0.158. The molecule has 5 heteroatoms. The Morgan fingerprint density at radius 2 is 0.974 bits per heavy atom. The van der Waals surface area contributed by atoms with Crippen molar-refractivity contribution in [2.24, 2.45) is 5.73 Å². The summed E-state index contributed by atoms with van der Waals surface area (Å²) < 4.78 is 10.7. The molecule has 0 rings (SSSR count). The van der Waals surface area contributed by atoms with Gasteiger partial charge in [-0.05, 0) is 38.5 Å². The molecular weight excluding hydrogens is 474 g/mol. The first-order valence-corrected chi connectivity index (χ1v) is 16.3. The lowest BCUT2D eigenvalue weighted by atomic mass is 10.1. The molecule has 0 aliphatic heterocycles. The van der Waals surface area contributed by atoms with Crippen LogP contribution in [0.1, 0.15) is 168 Å². The van der Waals surface area contributed by atoms with E-state index >= 15 is 0 Å². The van der Waals surface area contributed by atoms with Crippen LogP contribution in [0.25, 0.3) is 0 Å². The minimum Gasteiger partial charge on any atom is -0.462 e. The highest BCUT2D eigenvalue weighted by Crippen LogP contribution is 2.12. The summed E-state index contributed by atoms with van der Waals surface area (Å²) >= 11 is 0. The zero-order valence-corrected chi connectivity index (χ0v) is 25.3. The van der Waals surface area contributed by atoms with Gasteiger partial charge in [-0.25, -0.2) is 0 Å². The molecule has 224 valence electrons. The summed E-state index contributed by atoms with van der Waals surface area (Å²) in [6.07, 6.45) is 31.9. The summed E-state index contributed by atoms with van der Waals surface area (Å²) in [7, 11) is 0. The summed E-state index contributed by atoms with van der Waals surface area (Å²) in [6.45, 7) is 4.73. The third-order valence-corrected chi connectivity index (χ3v) is 7.12. The second kappa shape index (κ2) is 30.2. The lowest BCUT2D eigenvalue weighted by Crippen LogP contribution is -2.32. The zero-order chi connectivity index (χ0) is 27.9. The Morgan fingerprint density at radius 1 is 0.579 bits per heavy atom. The molecule has 0 aliphatic rings. The average Bonchev–Trinajstić information content (AvgIpc) is 2.92. The van der Waals surface area contributed by atoms with Crippen LogP contribution in [0.2, 0.25) is 0 Å². The Bertz CT molecular complexity index is 549. The fraction of sp³-hybridized carbons (Fsp3) is 0.879. The number of rotatable bonds is 29. The number of ether oxygens (including phenoxy) is 2. The van der Waals surface area contributed by atoms with Crippen LogP contribution in [0.5, 0.6) is 0 Å². The van der Waals surface area contributed by atoms with Gasteiger partial charge in [-0.3, -0.25) is 9.59 Å². The second-order valence-electron chi connectivity index (χ2n) is 10.9.